The second-order valence-corrected chi connectivity index (χ2v) is 8.43. The van der Waals surface area contributed by atoms with Crippen LogP contribution in [-0.2, 0) is 13.2 Å². The molecule has 0 amide bonds. The normalized spacial score (nSPS) is 11.6. The zero-order valence-electron chi connectivity index (χ0n) is 18.1. The first-order chi connectivity index (χ1) is 15.9. The molecule has 4 aromatic rings. The maximum Gasteiger partial charge on any atom is 0.132 e. The van der Waals surface area contributed by atoms with Crippen molar-refractivity contribution in [2.45, 2.75) is 27.1 Å². The molecular formula is C26H21Cl2FN2O2. The largest absolute Gasteiger partial charge is 0.488 e. The molecule has 0 spiro atoms. The van der Waals surface area contributed by atoms with Crippen molar-refractivity contribution in [1.82, 2.24) is 9.97 Å². The lowest BCUT2D eigenvalue weighted by Crippen LogP contribution is -2.08. The smallest absolute Gasteiger partial charge is 0.132 e. The molecule has 5 rings (SSSR count). The number of aryl methyl sites for hydroxylation is 2. The van der Waals surface area contributed by atoms with Crippen molar-refractivity contribution >= 4 is 23.2 Å². The van der Waals surface area contributed by atoms with Crippen LogP contribution in [0.1, 0.15) is 22.5 Å². The summed E-state index contributed by atoms with van der Waals surface area (Å²) in [7, 11) is 0. The Morgan fingerprint density at radius 1 is 0.848 bits per heavy atom. The number of aromatic nitrogens is 2. The average Bonchev–Trinajstić information content (AvgIpc) is 2.79. The van der Waals surface area contributed by atoms with Crippen LogP contribution in [0.4, 0.5) is 4.39 Å². The summed E-state index contributed by atoms with van der Waals surface area (Å²) in [6.07, 6.45) is 3.43. The zero-order chi connectivity index (χ0) is 23.5. The van der Waals surface area contributed by atoms with Gasteiger partial charge in [-0.1, -0.05) is 23.2 Å². The van der Waals surface area contributed by atoms with Crippen LogP contribution in [0.2, 0.25) is 10.0 Å². The predicted molar refractivity (Wildman–Crippen MR) is 129 cm³/mol. The van der Waals surface area contributed by atoms with Gasteiger partial charge in [-0.15, -0.1) is 0 Å². The van der Waals surface area contributed by atoms with Crippen molar-refractivity contribution in [2.75, 3.05) is 0 Å². The van der Waals surface area contributed by atoms with Crippen LogP contribution in [0.3, 0.4) is 0 Å². The Balaban J connectivity index is 0.000000157. The number of hydrogen-bond acceptors (Lipinski definition) is 4. The van der Waals surface area contributed by atoms with E-state index < -0.39 is 5.82 Å². The molecule has 1 N–H and O–H groups in total. The second kappa shape index (κ2) is 9.87. The Hall–Kier alpha value is -2.99. The molecule has 0 saturated heterocycles. The van der Waals surface area contributed by atoms with Gasteiger partial charge in [-0.05, 0) is 73.5 Å². The first kappa shape index (κ1) is 23.2. The fourth-order valence-electron chi connectivity index (χ4n) is 3.78. The zero-order valence-corrected chi connectivity index (χ0v) is 19.6. The van der Waals surface area contributed by atoms with Crippen LogP contribution in [0.5, 0.6) is 5.75 Å². The van der Waals surface area contributed by atoms with Crippen molar-refractivity contribution in [3.05, 3.63) is 99.3 Å². The summed E-state index contributed by atoms with van der Waals surface area (Å²) < 4.78 is 19.5. The third-order valence-electron chi connectivity index (χ3n) is 5.53. The molecule has 0 atom stereocenters. The minimum atomic E-state index is -0.405. The van der Waals surface area contributed by atoms with Gasteiger partial charge in [-0.2, -0.15) is 0 Å². The van der Waals surface area contributed by atoms with Gasteiger partial charge in [-0.3, -0.25) is 9.97 Å². The van der Waals surface area contributed by atoms with E-state index in [2.05, 4.69) is 9.97 Å². The van der Waals surface area contributed by atoms with Gasteiger partial charge < -0.3 is 9.84 Å². The van der Waals surface area contributed by atoms with Gasteiger partial charge in [-0.25, -0.2) is 4.39 Å². The van der Waals surface area contributed by atoms with Crippen LogP contribution in [0, 0.1) is 19.7 Å². The average molecular weight is 483 g/mol. The number of aliphatic hydroxyl groups excluding tert-OH is 1. The van der Waals surface area contributed by atoms with Crippen molar-refractivity contribution in [2.24, 2.45) is 0 Å². The third kappa shape index (κ3) is 4.86. The van der Waals surface area contributed by atoms with Gasteiger partial charge in [0, 0.05) is 56.1 Å². The summed E-state index contributed by atoms with van der Waals surface area (Å²) >= 11 is 11.7. The quantitative estimate of drug-likeness (QED) is 0.336. The molecule has 2 aromatic heterocycles. The van der Waals surface area contributed by atoms with E-state index in [-0.39, 0.29) is 6.61 Å². The van der Waals surface area contributed by atoms with Gasteiger partial charge in [0.1, 0.15) is 18.2 Å². The number of nitrogens with zero attached hydrogens (tertiary/aromatic N) is 2. The highest BCUT2D eigenvalue weighted by molar-refractivity contribution is 6.31. The molecule has 3 heterocycles. The molecule has 7 heteroatoms. The highest BCUT2D eigenvalue weighted by Gasteiger charge is 2.19. The number of benzene rings is 2. The molecule has 0 saturated carbocycles. The van der Waals surface area contributed by atoms with Gasteiger partial charge >= 0.3 is 0 Å². The number of fused-ring (bicyclic) bond motifs is 3. The first-order valence-corrected chi connectivity index (χ1v) is 11.0. The van der Waals surface area contributed by atoms with Gasteiger partial charge in [0.05, 0.1) is 6.61 Å². The molecular weight excluding hydrogens is 462 g/mol. The monoisotopic (exact) mass is 482 g/mol. The van der Waals surface area contributed by atoms with Gasteiger partial charge in [0.25, 0.3) is 0 Å². The molecule has 2 aromatic carbocycles. The fourth-order valence-corrected chi connectivity index (χ4v) is 4.10. The van der Waals surface area contributed by atoms with Crippen LogP contribution >= 0.6 is 23.2 Å². The Kier molecular flexibility index (Phi) is 6.94. The highest BCUT2D eigenvalue weighted by Crippen LogP contribution is 2.39. The van der Waals surface area contributed by atoms with E-state index >= 15 is 0 Å². The summed E-state index contributed by atoms with van der Waals surface area (Å²) in [5.41, 5.74) is 6.88. The van der Waals surface area contributed by atoms with Gasteiger partial charge in [0.15, 0.2) is 0 Å². The molecule has 4 nitrogen and oxygen atoms in total. The lowest BCUT2D eigenvalue weighted by molar-refractivity contribution is 0.281. The summed E-state index contributed by atoms with van der Waals surface area (Å²) in [4.78, 5) is 8.35. The highest BCUT2D eigenvalue weighted by atomic mass is 35.5. The standard InChI is InChI=1S/C13H11ClFNO.C13H10ClNO/c1-8-12(7-17)10(4-5-16-8)11-3-2-9(14)6-13(11)15;1-8-12-7-16-13-6-9(14)2-3-11(13)10(12)4-5-15-8/h2-6,17H,7H2,1H3;2-6H,7H2,1H3. The Labute approximate surface area is 201 Å². The summed E-state index contributed by atoms with van der Waals surface area (Å²) in [6, 6.07) is 13.9. The topological polar surface area (TPSA) is 55.2 Å². The molecule has 0 unspecified atom stereocenters. The Bertz CT molecular complexity index is 1330. The molecule has 0 aliphatic carbocycles. The van der Waals surface area contributed by atoms with E-state index in [0.717, 1.165) is 22.6 Å². The predicted octanol–water partition coefficient (Wildman–Crippen LogP) is 6.94. The Morgan fingerprint density at radius 3 is 2.18 bits per heavy atom. The van der Waals surface area contributed by atoms with E-state index in [1.807, 2.05) is 37.4 Å². The van der Waals surface area contributed by atoms with E-state index in [0.29, 0.717) is 39.0 Å². The molecule has 1 aliphatic heterocycles. The molecule has 0 radical (unpaired) electrons. The molecule has 168 valence electrons. The lowest BCUT2D eigenvalue weighted by Gasteiger charge is -2.21. The van der Waals surface area contributed by atoms with Crippen LogP contribution in [-0.4, -0.2) is 15.1 Å². The number of hydrogen-bond donors (Lipinski definition) is 1. The maximum atomic E-state index is 13.8. The van der Waals surface area contributed by atoms with E-state index in [1.165, 1.54) is 11.6 Å². The van der Waals surface area contributed by atoms with Crippen LogP contribution in [0.15, 0.2) is 60.9 Å². The van der Waals surface area contributed by atoms with Gasteiger partial charge in [0.2, 0.25) is 0 Å². The minimum absolute atomic E-state index is 0.170. The van der Waals surface area contributed by atoms with E-state index in [4.69, 9.17) is 27.9 Å². The number of pyridine rings is 2. The molecule has 0 bridgehead atoms. The van der Waals surface area contributed by atoms with Crippen LogP contribution < -0.4 is 4.74 Å². The summed E-state index contributed by atoms with van der Waals surface area (Å²) in [5, 5.41) is 10.4. The van der Waals surface area contributed by atoms with Crippen molar-refractivity contribution in [1.29, 1.82) is 0 Å². The molecule has 1 aliphatic rings. The second-order valence-electron chi connectivity index (χ2n) is 7.56. The summed E-state index contributed by atoms with van der Waals surface area (Å²) in [5.74, 6) is 0.448. The summed E-state index contributed by atoms with van der Waals surface area (Å²) in [6.45, 7) is 4.19. The van der Waals surface area contributed by atoms with E-state index in [1.54, 1.807) is 31.3 Å². The van der Waals surface area contributed by atoms with Crippen molar-refractivity contribution < 1.29 is 14.2 Å². The van der Waals surface area contributed by atoms with E-state index in [9.17, 15) is 9.50 Å². The third-order valence-corrected chi connectivity index (χ3v) is 6.00. The lowest BCUT2D eigenvalue weighted by atomic mass is 9.97. The number of halogens is 3. The first-order valence-electron chi connectivity index (χ1n) is 10.3. The van der Waals surface area contributed by atoms with Crippen molar-refractivity contribution in [3.8, 4) is 28.0 Å². The SMILES string of the molecule is Cc1nccc(-c2ccc(Cl)cc2F)c1CO.Cc1nccc2c1COc1cc(Cl)ccc1-2. The van der Waals surface area contributed by atoms with Crippen molar-refractivity contribution in [3.63, 3.8) is 0 Å². The van der Waals surface area contributed by atoms with Crippen LogP contribution in [0.25, 0.3) is 22.3 Å². The number of ether oxygens (including phenoxy) is 1. The number of rotatable bonds is 2. The number of aliphatic hydroxyl groups is 1. The molecule has 33 heavy (non-hydrogen) atoms. The minimum Gasteiger partial charge on any atom is -0.488 e. The Morgan fingerprint density at radius 2 is 1.48 bits per heavy atom. The maximum absolute atomic E-state index is 13.8. The fraction of sp³-hybridized carbons (Fsp3) is 0.154. The molecule has 0 fully saturated rings.